The number of allylic oxidation sites excluding steroid dienone is 2. The summed E-state index contributed by atoms with van der Waals surface area (Å²) in [6, 6.07) is 23.2. The first-order valence-electron chi connectivity index (χ1n) is 14.1. The molecule has 6 nitrogen and oxygen atoms in total. The Morgan fingerprint density at radius 3 is 1.70 bits per heavy atom. The van der Waals surface area contributed by atoms with Crippen molar-refractivity contribution in [1.82, 2.24) is 0 Å². The number of carbonyl (C=O) groups is 4. The summed E-state index contributed by atoms with van der Waals surface area (Å²) in [6.07, 6.45) is 5.01. The van der Waals surface area contributed by atoms with Gasteiger partial charge in [-0.05, 0) is 65.6 Å². The molecule has 3 aromatic rings. The largest absolute Gasteiger partial charge is 0.274 e. The van der Waals surface area contributed by atoms with E-state index in [0.29, 0.717) is 11.4 Å². The van der Waals surface area contributed by atoms with Gasteiger partial charge in [-0.3, -0.25) is 19.2 Å². The molecule has 3 fully saturated rings. The molecule has 3 aromatic carbocycles. The molecule has 0 spiro atoms. The lowest BCUT2D eigenvalue weighted by atomic mass is 9.55. The minimum atomic E-state index is -0.739. The molecule has 0 unspecified atom stereocenters. The fourth-order valence-corrected chi connectivity index (χ4v) is 9.25. The summed E-state index contributed by atoms with van der Waals surface area (Å²) in [5.41, 5.74) is 4.60. The number of hydrogen-bond donors (Lipinski definition) is 0. The topological polar surface area (TPSA) is 74.8 Å². The Balaban J connectivity index is 1.12. The number of rotatable bonds is 2. The van der Waals surface area contributed by atoms with Gasteiger partial charge < -0.3 is 0 Å². The van der Waals surface area contributed by atoms with Crippen LogP contribution in [0, 0.1) is 35.0 Å². The zero-order valence-corrected chi connectivity index (χ0v) is 21.9. The van der Waals surface area contributed by atoms with E-state index in [2.05, 4.69) is 36.4 Å². The van der Waals surface area contributed by atoms with Gasteiger partial charge in [0.25, 0.3) is 0 Å². The van der Waals surface area contributed by atoms with Crippen LogP contribution in [0.5, 0.6) is 0 Å². The average molecular weight is 527 g/mol. The van der Waals surface area contributed by atoms with E-state index in [1.54, 1.807) is 24.3 Å². The zero-order valence-electron chi connectivity index (χ0n) is 21.9. The van der Waals surface area contributed by atoms with Gasteiger partial charge in [-0.15, -0.1) is 0 Å². The van der Waals surface area contributed by atoms with Gasteiger partial charge in [0.1, 0.15) is 0 Å². The fraction of sp³-hybridized carbons (Fsp3) is 0.294. The molecule has 0 aromatic heterocycles. The lowest BCUT2D eigenvalue weighted by Crippen LogP contribution is -2.41. The molecule has 0 radical (unpaired) electrons. The number of hydrogen-bond acceptors (Lipinski definition) is 4. The first kappa shape index (κ1) is 22.5. The molecule has 6 atom stereocenters. The summed E-state index contributed by atoms with van der Waals surface area (Å²) in [7, 11) is 0. The first-order valence-corrected chi connectivity index (χ1v) is 14.1. The van der Waals surface area contributed by atoms with Crippen molar-refractivity contribution in [1.29, 1.82) is 0 Å². The van der Waals surface area contributed by atoms with E-state index >= 15 is 0 Å². The van der Waals surface area contributed by atoms with E-state index < -0.39 is 17.3 Å². The van der Waals surface area contributed by atoms with Crippen LogP contribution in [0.4, 0.5) is 11.4 Å². The van der Waals surface area contributed by atoms with E-state index in [1.807, 2.05) is 31.2 Å². The summed E-state index contributed by atoms with van der Waals surface area (Å²) in [6.45, 7) is 1.92. The predicted octanol–water partition coefficient (Wildman–Crippen LogP) is 4.78. The summed E-state index contributed by atoms with van der Waals surface area (Å²) < 4.78 is 0. The molecule has 2 heterocycles. The Labute approximate surface area is 231 Å². The van der Waals surface area contributed by atoms with Crippen LogP contribution in [-0.4, -0.2) is 23.6 Å². The zero-order chi connectivity index (χ0) is 27.1. The van der Waals surface area contributed by atoms with E-state index in [9.17, 15) is 19.2 Å². The molecule has 1 saturated carbocycles. The summed E-state index contributed by atoms with van der Waals surface area (Å²) in [5, 5.41) is 0. The molecule has 0 N–H and O–H groups in total. The van der Waals surface area contributed by atoms with Gasteiger partial charge in [0, 0.05) is 11.8 Å². The van der Waals surface area contributed by atoms with E-state index in [4.69, 9.17) is 0 Å². The van der Waals surface area contributed by atoms with Crippen LogP contribution in [-0.2, 0) is 19.2 Å². The molecule has 196 valence electrons. The molecular formula is C34H26N2O4. The van der Waals surface area contributed by atoms with Gasteiger partial charge in [-0.25, -0.2) is 9.80 Å². The van der Waals surface area contributed by atoms with Crippen LogP contribution in [0.25, 0.3) is 0 Å². The van der Waals surface area contributed by atoms with Gasteiger partial charge in [0.2, 0.25) is 23.6 Å². The van der Waals surface area contributed by atoms with Gasteiger partial charge in [0.05, 0.1) is 34.5 Å². The van der Waals surface area contributed by atoms with Crippen LogP contribution < -0.4 is 9.80 Å². The van der Waals surface area contributed by atoms with Crippen molar-refractivity contribution in [2.24, 2.45) is 35.0 Å². The Hall–Kier alpha value is -4.32. The molecule has 7 aliphatic rings. The van der Waals surface area contributed by atoms with Crippen molar-refractivity contribution >= 4 is 35.0 Å². The maximum absolute atomic E-state index is 14.2. The van der Waals surface area contributed by atoms with Crippen LogP contribution in [0.15, 0.2) is 84.9 Å². The van der Waals surface area contributed by atoms with Crippen LogP contribution in [0.3, 0.4) is 0 Å². The molecule has 4 bridgehead atoms. The van der Waals surface area contributed by atoms with Crippen molar-refractivity contribution in [3.05, 3.63) is 107 Å². The van der Waals surface area contributed by atoms with Gasteiger partial charge in [-0.2, -0.15) is 0 Å². The number of nitrogens with zero attached hydrogens (tertiary/aromatic N) is 2. The van der Waals surface area contributed by atoms with E-state index in [1.165, 1.54) is 9.80 Å². The third-order valence-electron chi connectivity index (χ3n) is 10.9. The lowest BCUT2D eigenvalue weighted by molar-refractivity contribution is -0.127. The van der Waals surface area contributed by atoms with Crippen LogP contribution in [0.1, 0.15) is 47.4 Å². The third kappa shape index (κ3) is 2.39. The lowest BCUT2D eigenvalue weighted by Gasteiger charge is -2.45. The summed E-state index contributed by atoms with van der Waals surface area (Å²) >= 11 is 0. The monoisotopic (exact) mass is 526 g/mol. The Kier molecular flexibility index (Phi) is 4.07. The van der Waals surface area contributed by atoms with Gasteiger partial charge >= 0.3 is 0 Å². The van der Waals surface area contributed by atoms with Crippen molar-refractivity contribution in [3.63, 3.8) is 0 Å². The number of imide groups is 2. The van der Waals surface area contributed by atoms with Crippen molar-refractivity contribution < 1.29 is 19.2 Å². The van der Waals surface area contributed by atoms with Gasteiger partial charge in [-0.1, -0.05) is 66.7 Å². The van der Waals surface area contributed by atoms with E-state index in [-0.39, 0.29) is 53.2 Å². The molecule has 4 amide bonds. The maximum atomic E-state index is 14.2. The SMILES string of the molecule is C[C@@]12C(=O)N(c3cccc(N4C(=O)[C@@H]5C6c7ccccc7C(c7ccccc76)[C@@H]5C4=O)c3)C(=O)[C@H]1[C@H]1C=C[C@H]2C1. The third-order valence-corrected chi connectivity index (χ3v) is 10.9. The normalized spacial score (nSPS) is 35.9. The van der Waals surface area contributed by atoms with Crippen molar-refractivity contribution in [2.75, 3.05) is 9.80 Å². The Bertz CT molecular complexity index is 1640. The highest BCUT2D eigenvalue weighted by Gasteiger charge is 2.67. The molecule has 5 aliphatic carbocycles. The minimum Gasteiger partial charge on any atom is -0.274 e. The molecule has 10 rings (SSSR count). The van der Waals surface area contributed by atoms with Crippen LogP contribution in [0.2, 0.25) is 0 Å². The summed E-state index contributed by atoms with van der Waals surface area (Å²) in [5.74, 6) is -2.34. The second kappa shape index (κ2) is 7.25. The first-order chi connectivity index (χ1) is 19.4. The standard InChI is InChI=1S/C34H26N2O4/c1-34-18-14-13-17(15-18)29(34)32(39)36(33(34)40)20-8-6-7-19(16-20)35-30(37)27-25-21-9-2-3-10-22(21)26(28(27)31(35)38)24-12-5-4-11-23(24)25/h2-14,16-18,25-29H,15H2,1H3/t17-,18-,25?,26?,27-,28+,29+,34-/m0/s1. The van der Waals surface area contributed by atoms with Crippen molar-refractivity contribution in [2.45, 2.75) is 25.2 Å². The Morgan fingerprint density at radius 1 is 0.650 bits per heavy atom. The smallest absolute Gasteiger partial charge is 0.241 e. The molecule has 2 saturated heterocycles. The number of benzene rings is 3. The highest BCUT2D eigenvalue weighted by atomic mass is 16.2. The van der Waals surface area contributed by atoms with Gasteiger partial charge in [0.15, 0.2) is 0 Å². The molecule has 40 heavy (non-hydrogen) atoms. The highest BCUT2D eigenvalue weighted by Crippen LogP contribution is 2.62. The number of carbonyl (C=O) groups excluding carboxylic acids is 4. The summed E-state index contributed by atoms with van der Waals surface area (Å²) in [4.78, 5) is 58.3. The number of amides is 4. The Morgan fingerprint density at radius 2 is 1.18 bits per heavy atom. The predicted molar refractivity (Wildman–Crippen MR) is 147 cm³/mol. The van der Waals surface area contributed by atoms with Crippen LogP contribution >= 0.6 is 0 Å². The molecule has 6 heteroatoms. The highest BCUT2D eigenvalue weighted by molar-refractivity contribution is 6.26. The average Bonchev–Trinajstić information content (AvgIpc) is 3.69. The second-order valence-electron chi connectivity index (χ2n) is 12.4. The second-order valence-corrected chi connectivity index (χ2v) is 12.4. The number of anilines is 2. The molecular weight excluding hydrogens is 500 g/mol. The minimum absolute atomic E-state index is 0.0655. The number of fused-ring (bicyclic) bond motifs is 5. The maximum Gasteiger partial charge on any atom is 0.241 e. The quantitative estimate of drug-likeness (QED) is 0.356. The fourth-order valence-electron chi connectivity index (χ4n) is 9.25. The molecule has 2 aliphatic heterocycles. The van der Waals surface area contributed by atoms with E-state index in [0.717, 1.165) is 28.7 Å². The van der Waals surface area contributed by atoms with Crippen molar-refractivity contribution in [3.8, 4) is 0 Å².